The number of rotatable bonds is 5. The number of aliphatic imine (C=N–C) groups is 1. The zero-order valence-electron chi connectivity index (χ0n) is 17.6. The minimum atomic E-state index is -0.918. The molecular weight excluding hydrogens is 436 g/mol. The van der Waals surface area contributed by atoms with Crippen molar-refractivity contribution in [1.29, 1.82) is 0 Å². The monoisotopic (exact) mass is 461 g/mol. The Morgan fingerprint density at radius 1 is 1.28 bits per heavy atom. The second kappa shape index (κ2) is 9.13. The molecule has 1 aliphatic carbocycles. The van der Waals surface area contributed by atoms with Crippen molar-refractivity contribution in [2.24, 2.45) is 16.6 Å². The van der Waals surface area contributed by atoms with Crippen molar-refractivity contribution in [1.82, 2.24) is 10.3 Å². The number of carbonyl (C=O) groups excluding carboxylic acids is 1. The Balaban J connectivity index is 1.67. The van der Waals surface area contributed by atoms with E-state index in [2.05, 4.69) is 10.4 Å². The van der Waals surface area contributed by atoms with Gasteiger partial charge in [0.05, 0.1) is 13.1 Å². The summed E-state index contributed by atoms with van der Waals surface area (Å²) in [6, 6.07) is 9.26. The number of amides is 1. The van der Waals surface area contributed by atoms with Gasteiger partial charge in [0.25, 0.3) is 0 Å². The standard InChI is InChI=1S/C23H26ClF2N5O/c24-17-4-2-1-3-15(17)12-23(6-5-14-9-18(25)19(26)10-16(14)23)20(27)11-22(32)31-8-7-29-21(13-31)30-28/h1-4,9-10,20H,5-8,11-13,27-28H2,(H,29,30). The average Bonchev–Trinajstić information content (AvgIpc) is 3.14. The number of halogens is 3. The summed E-state index contributed by atoms with van der Waals surface area (Å²) in [6.45, 7) is 1.22. The molecular formula is C23H26ClF2N5O. The third-order valence-electron chi connectivity index (χ3n) is 6.62. The molecule has 1 heterocycles. The lowest BCUT2D eigenvalue weighted by Gasteiger charge is -2.38. The van der Waals surface area contributed by atoms with Gasteiger partial charge in [-0.15, -0.1) is 0 Å². The predicted octanol–water partition coefficient (Wildman–Crippen LogP) is 2.47. The van der Waals surface area contributed by atoms with Crippen LogP contribution in [0, 0.1) is 11.6 Å². The number of amidine groups is 1. The maximum Gasteiger partial charge on any atom is 0.224 e. The highest BCUT2D eigenvalue weighted by atomic mass is 35.5. The zero-order chi connectivity index (χ0) is 22.9. The lowest BCUT2D eigenvalue weighted by molar-refractivity contribution is -0.131. The molecule has 5 N–H and O–H groups in total. The van der Waals surface area contributed by atoms with E-state index in [-0.39, 0.29) is 18.9 Å². The Morgan fingerprint density at radius 3 is 2.78 bits per heavy atom. The molecule has 4 rings (SSSR count). The number of nitrogens with zero attached hydrogens (tertiary/aromatic N) is 2. The molecule has 9 heteroatoms. The summed E-state index contributed by atoms with van der Waals surface area (Å²) < 4.78 is 28.2. The number of aryl methyl sites for hydroxylation is 1. The van der Waals surface area contributed by atoms with Gasteiger partial charge in [-0.25, -0.2) is 14.6 Å². The number of nitrogens with one attached hydrogen (secondary N) is 1. The van der Waals surface area contributed by atoms with Crippen LogP contribution in [0.5, 0.6) is 0 Å². The maximum absolute atomic E-state index is 14.3. The van der Waals surface area contributed by atoms with E-state index in [1.54, 1.807) is 11.0 Å². The molecule has 0 radical (unpaired) electrons. The van der Waals surface area contributed by atoms with Crippen molar-refractivity contribution in [2.75, 3.05) is 19.6 Å². The highest BCUT2D eigenvalue weighted by Crippen LogP contribution is 2.46. The average molecular weight is 462 g/mol. The van der Waals surface area contributed by atoms with Crippen LogP contribution in [0.25, 0.3) is 0 Å². The normalized spacial score (nSPS) is 21.2. The highest BCUT2D eigenvalue weighted by molar-refractivity contribution is 6.31. The van der Waals surface area contributed by atoms with E-state index < -0.39 is 23.1 Å². The molecule has 2 aliphatic rings. The van der Waals surface area contributed by atoms with E-state index in [0.717, 1.165) is 11.1 Å². The van der Waals surface area contributed by atoms with Crippen LogP contribution >= 0.6 is 11.6 Å². The third kappa shape index (κ3) is 4.22. The van der Waals surface area contributed by atoms with Crippen molar-refractivity contribution >= 4 is 23.3 Å². The van der Waals surface area contributed by atoms with Gasteiger partial charge in [-0.3, -0.25) is 9.79 Å². The summed E-state index contributed by atoms with van der Waals surface area (Å²) >= 11 is 6.43. The molecule has 0 bridgehead atoms. The van der Waals surface area contributed by atoms with Crippen molar-refractivity contribution in [3.05, 3.63) is 69.7 Å². The topological polar surface area (TPSA) is 96.7 Å². The molecule has 2 atom stereocenters. The van der Waals surface area contributed by atoms with E-state index in [1.807, 2.05) is 18.2 Å². The molecule has 0 aromatic heterocycles. The lowest BCUT2D eigenvalue weighted by Crippen LogP contribution is -2.52. The molecule has 2 aromatic rings. The Hall–Kier alpha value is -2.55. The molecule has 2 aromatic carbocycles. The SMILES string of the molecule is NNC1=NCCN(C(=O)CC(N)C2(Cc3ccccc3Cl)CCc3cc(F)c(F)cc32)C1. The van der Waals surface area contributed by atoms with Gasteiger partial charge in [0.15, 0.2) is 11.6 Å². The molecule has 170 valence electrons. The van der Waals surface area contributed by atoms with Gasteiger partial charge >= 0.3 is 0 Å². The van der Waals surface area contributed by atoms with E-state index in [4.69, 9.17) is 23.2 Å². The van der Waals surface area contributed by atoms with E-state index >= 15 is 0 Å². The molecule has 32 heavy (non-hydrogen) atoms. The van der Waals surface area contributed by atoms with Crippen LogP contribution < -0.4 is 17.0 Å². The summed E-state index contributed by atoms with van der Waals surface area (Å²) in [4.78, 5) is 19.0. The minimum absolute atomic E-state index is 0.0563. The zero-order valence-corrected chi connectivity index (χ0v) is 18.3. The fourth-order valence-corrected chi connectivity index (χ4v) is 5.07. The van der Waals surface area contributed by atoms with Gasteiger partial charge in [-0.2, -0.15) is 0 Å². The number of carbonyl (C=O) groups is 1. The van der Waals surface area contributed by atoms with Crippen LogP contribution in [0.3, 0.4) is 0 Å². The number of nitrogens with two attached hydrogens (primary N) is 2. The van der Waals surface area contributed by atoms with E-state index in [0.29, 0.717) is 48.8 Å². The molecule has 1 aliphatic heterocycles. The van der Waals surface area contributed by atoms with Crippen LogP contribution in [-0.2, 0) is 23.1 Å². The molecule has 6 nitrogen and oxygen atoms in total. The molecule has 0 saturated heterocycles. The van der Waals surface area contributed by atoms with Crippen LogP contribution in [-0.4, -0.2) is 42.3 Å². The second-order valence-electron chi connectivity index (χ2n) is 8.45. The first-order valence-electron chi connectivity index (χ1n) is 10.6. The fraction of sp³-hybridized carbons (Fsp3) is 0.391. The summed E-state index contributed by atoms with van der Waals surface area (Å²) in [6.07, 6.45) is 1.61. The number of hydrogen-bond acceptors (Lipinski definition) is 5. The maximum atomic E-state index is 14.3. The van der Waals surface area contributed by atoms with Crippen LogP contribution in [0.15, 0.2) is 41.4 Å². The van der Waals surface area contributed by atoms with Gasteiger partial charge < -0.3 is 16.1 Å². The lowest BCUT2D eigenvalue weighted by atomic mass is 9.70. The summed E-state index contributed by atoms with van der Waals surface area (Å²) in [7, 11) is 0. The smallest absolute Gasteiger partial charge is 0.224 e. The summed E-state index contributed by atoms with van der Waals surface area (Å²) in [5.41, 5.74) is 10.7. The quantitative estimate of drug-likeness (QED) is 0.470. The molecule has 1 amide bonds. The summed E-state index contributed by atoms with van der Waals surface area (Å²) in [5.74, 6) is 4.05. The highest BCUT2D eigenvalue weighted by Gasteiger charge is 2.45. The number of hydrogen-bond donors (Lipinski definition) is 3. The van der Waals surface area contributed by atoms with E-state index in [9.17, 15) is 13.6 Å². The Labute approximate surface area is 190 Å². The third-order valence-corrected chi connectivity index (χ3v) is 6.99. The predicted molar refractivity (Wildman–Crippen MR) is 120 cm³/mol. The Morgan fingerprint density at radius 2 is 2.03 bits per heavy atom. The molecule has 0 spiro atoms. The molecule has 2 unspecified atom stereocenters. The van der Waals surface area contributed by atoms with E-state index in [1.165, 1.54) is 12.1 Å². The Bertz CT molecular complexity index is 1060. The van der Waals surface area contributed by atoms with Crippen LogP contribution in [0.2, 0.25) is 5.02 Å². The molecule has 0 saturated carbocycles. The second-order valence-corrected chi connectivity index (χ2v) is 8.85. The van der Waals surface area contributed by atoms with Gasteiger partial charge in [0.2, 0.25) is 5.91 Å². The number of fused-ring (bicyclic) bond motifs is 1. The van der Waals surface area contributed by atoms with Crippen LogP contribution in [0.1, 0.15) is 29.5 Å². The van der Waals surface area contributed by atoms with Crippen molar-refractivity contribution in [3.8, 4) is 0 Å². The fourth-order valence-electron chi connectivity index (χ4n) is 4.86. The summed E-state index contributed by atoms with van der Waals surface area (Å²) in [5, 5.41) is 0.576. The number of hydrazine groups is 1. The van der Waals surface area contributed by atoms with Crippen molar-refractivity contribution < 1.29 is 13.6 Å². The first-order valence-corrected chi connectivity index (χ1v) is 11.0. The molecule has 0 fully saturated rings. The van der Waals surface area contributed by atoms with Crippen molar-refractivity contribution in [3.63, 3.8) is 0 Å². The Kier molecular flexibility index (Phi) is 6.46. The first-order chi connectivity index (χ1) is 15.3. The van der Waals surface area contributed by atoms with Crippen molar-refractivity contribution in [2.45, 2.75) is 37.1 Å². The van der Waals surface area contributed by atoms with Gasteiger partial charge in [0, 0.05) is 29.4 Å². The number of benzene rings is 2. The van der Waals surface area contributed by atoms with Gasteiger partial charge in [0.1, 0.15) is 5.84 Å². The van der Waals surface area contributed by atoms with Gasteiger partial charge in [-0.05, 0) is 54.2 Å². The largest absolute Gasteiger partial charge is 0.333 e. The minimum Gasteiger partial charge on any atom is -0.333 e. The van der Waals surface area contributed by atoms with Gasteiger partial charge in [-0.1, -0.05) is 29.8 Å². The van der Waals surface area contributed by atoms with Crippen LogP contribution in [0.4, 0.5) is 8.78 Å². The first kappa shape index (κ1) is 22.6.